The molecule has 0 aliphatic carbocycles. The monoisotopic (exact) mass is 326 g/mol. The average molecular weight is 326 g/mol. The summed E-state index contributed by atoms with van der Waals surface area (Å²) in [5.74, 6) is 0.398. The lowest BCUT2D eigenvalue weighted by atomic mass is 10.0. The smallest absolute Gasteiger partial charge is 0.319 e. The van der Waals surface area contributed by atoms with Crippen molar-refractivity contribution in [2.45, 2.75) is 26.3 Å². The largest absolute Gasteiger partial charge is 0.456 e. The van der Waals surface area contributed by atoms with E-state index in [9.17, 15) is 9.90 Å². The second kappa shape index (κ2) is 6.93. The summed E-state index contributed by atoms with van der Waals surface area (Å²) in [5, 5.41) is 17.0. The van der Waals surface area contributed by atoms with Crippen molar-refractivity contribution >= 4 is 33.7 Å². The number of benzene rings is 2. The molecule has 1 heterocycles. The van der Waals surface area contributed by atoms with E-state index in [1.807, 2.05) is 42.5 Å². The highest BCUT2D eigenvalue weighted by Crippen LogP contribution is 2.30. The van der Waals surface area contributed by atoms with Gasteiger partial charge < -0.3 is 20.2 Å². The van der Waals surface area contributed by atoms with Crippen molar-refractivity contribution in [3.05, 3.63) is 42.5 Å². The van der Waals surface area contributed by atoms with Crippen molar-refractivity contribution < 1.29 is 14.3 Å². The third kappa shape index (κ3) is 3.51. The molecule has 5 heteroatoms. The molecule has 2 amide bonds. The van der Waals surface area contributed by atoms with Crippen LogP contribution in [0.1, 0.15) is 20.3 Å². The number of anilines is 1. The molecule has 1 atom stereocenters. The minimum Gasteiger partial charge on any atom is -0.456 e. The van der Waals surface area contributed by atoms with Gasteiger partial charge in [0.25, 0.3) is 0 Å². The summed E-state index contributed by atoms with van der Waals surface area (Å²) in [4.78, 5) is 12.1. The fourth-order valence-corrected chi connectivity index (χ4v) is 2.90. The second-order valence-corrected chi connectivity index (χ2v) is 6.42. The minimum atomic E-state index is -0.329. The average Bonchev–Trinajstić information content (AvgIpc) is 2.91. The number of urea groups is 1. The SMILES string of the molecule is CC(C)CC(CO)NC(=O)Nc1ccc2c(c1)oc1ccccc12. The number of carbonyl (C=O) groups excluding carboxylic acids is 1. The minimum absolute atomic E-state index is 0.0752. The Labute approximate surface area is 140 Å². The van der Waals surface area contributed by atoms with Crippen molar-refractivity contribution in [1.82, 2.24) is 5.32 Å². The molecular formula is C19H22N2O3. The van der Waals surface area contributed by atoms with E-state index in [1.165, 1.54) is 0 Å². The number of nitrogens with one attached hydrogen (secondary N) is 2. The van der Waals surface area contributed by atoms with E-state index in [0.29, 0.717) is 11.6 Å². The first-order chi connectivity index (χ1) is 11.6. The Hall–Kier alpha value is -2.53. The van der Waals surface area contributed by atoms with Crippen LogP contribution in [0.15, 0.2) is 46.9 Å². The first-order valence-electron chi connectivity index (χ1n) is 8.16. The van der Waals surface area contributed by atoms with Gasteiger partial charge in [0.15, 0.2) is 0 Å². The molecule has 0 saturated heterocycles. The van der Waals surface area contributed by atoms with Gasteiger partial charge in [-0.15, -0.1) is 0 Å². The third-order valence-electron chi connectivity index (χ3n) is 3.95. The molecule has 0 radical (unpaired) electrons. The predicted molar refractivity (Wildman–Crippen MR) is 96.2 cm³/mol. The normalized spacial score (nSPS) is 12.7. The fraction of sp³-hybridized carbons (Fsp3) is 0.316. The predicted octanol–water partition coefficient (Wildman–Crippen LogP) is 4.11. The molecule has 0 bridgehead atoms. The quantitative estimate of drug-likeness (QED) is 0.660. The van der Waals surface area contributed by atoms with E-state index in [4.69, 9.17) is 4.42 Å². The van der Waals surface area contributed by atoms with Crippen LogP contribution in [0, 0.1) is 5.92 Å². The highest BCUT2D eigenvalue weighted by atomic mass is 16.3. The van der Waals surface area contributed by atoms with Crippen LogP contribution in [0.4, 0.5) is 10.5 Å². The summed E-state index contributed by atoms with van der Waals surface area (Å²) in [6.45, 7) is 4.03. The maximum atomic E-state index is 12.1. The van der Waals surface area contributed by atoms with Crippen molar-refractivity contribution in [2.24, 2.45) is 5.92 Å². The van der Waals surface area contributed by atoms with Gasteiger partial charge in [0.05, 0.1) is 12.6 Å². The van der Waals surface area contributed by atoms with E-state index in [2.05, 4.69) is 24.5 Å². The maximum absolute atomic E-state index is 12.1. The number of hydrogen-bond acceptors (Lipinski definition) is 3. The lowest BCUT2D eigenvalue weighted by Gasteiger charge is -2.18. The van der Waals surface area contributed by atoms with Crippen LogP contribution in [0.2, 0.25) is 0 Å². The van der Waals surface area contributed by atoms with E-state index < -0.39 is 0 Å². The van der Waals surface area contributed by atoms with Gasteiger partial charge in [0.2, 0.25) is 0 Å². The molecule has 3 N–H and O–H groups in total. The number of furan rings is 1. The van der Waals surface area contributed by atoms with Crippen LogP contribution in [0.3, 0.4) is 0 Å². The summed E-state index contributed by atoms with van der Waals surface area (Å²) < 4.78 is 5.82. The van der Waals surface area contributed by atoms with E-state index in [-0.39, 0.29) is 18.7 Å². The number of fused-ring (bicyclic) bond motifs is 3. The van der Waals surface area contributed by atoms with E-state index in [0.717, 1.165) is 28.4 Å². The van der Waals surface area contributed by atoms with Crippen molar-refractivity contribution in [2.75, 3.05) is 11.9 Å². The summed E-state index contributed by atoms with van der Waals surface area (Å²) in [6, 6.07) is 12.9. The fourth-order valence-electron chi connectivity index (χ4n) is 2.90. The molecule has 5 nitrogen and oxygen atoms in total. The topological polar surface area (TPSA) is 74.5 Å². The molecule has 1 unspecified atom stereocenters. The zero-order valence-corrected chi connectivity index (χ0v) is 13.9. The highest BCUT2D eigenvalue weighted by Gasteiger charge is 2.14. The van der Waals surface area contributed by atoms with Gasteiger partial charge in [0.1, 0.15) is 11.2 Å². The first kappa shape index (κ1) is 16.3. The Morgan fingerprint density at radius 2 is 1.88 bits per heavy atom. The van der Waals surface area contributed by atoms with E-state index in [1.54, 1.807) is 0 Å². The molecule has 3 rings (SSSR count). The number of rotatable bonds is 5. The molecule has 0 aliphatic rings. The molecule has 0 fully saturated rings. The Morgan fingerprint density at radius 3 is 2.62 bits per heavy atom. The summed E-state index contributed by atoms with van der Waals surface area (Å²) in [5.41, 5.74) is 2.21. The van der Waals surface area contributed by atoms with Crippen LogP contribution in [0.25, 0.3) is 21.9 Å². The van der Waals surface area contributed by atoms with Crippen LogP contribution in [-0.2, 0) is 0 Å². The first-order valence-corrected chi connectivity index (χ1v) is 8.16. The van der Waals surface area contributed by atoms with Gasteiger partial charge in [0, 0.05) is 22.5 Å². The lowest BCUT2D eigenvalue weighted by molar-refractivity contribution is 0.214. The Balaban J connectivity index is 1.75. The van der Waals surface area contributed by atoms with Crippen LogP contribution in [0.5, 0.6) is 0 Å². The lowest BCUT2D eigenvalue weighted by Crippen LogP contribution is -2.40. The molecular weight excluding hydrogens is 304 g/mol. The van der Waals surface area contributed by atoms with Crippen LogP contribution in [-0.4, -0.2) is 23.8 Å². The van der Waals surface area contributed by atoms with Crippen LogP contribution < -0.4 is 10.6 Å². The van der Waals surface area contributed by atoms with Crippen molar-refractivity contribution in [3.63, 3.8) is 0 Å². The molecule has 3 aromatic rings. The van der Waals surface area contributed by atoms with Gasteiger partial charge >= 0.3 is 6.03 Å². The maximum Gasteiger partial charge on any atom is 0.319 e. The van der Waals surface area contributed by atoms with Crippen molar-refractivity contribution in [1.29, 1.82) is 0 Å². The van der Waals surface area contributed by atoms with Crippen molar-refractivity contribution in [3.8, 4) is 0 Å². The second-order valence-electron chi connectivity index (χ2n) is 6.42. The molecule has 1 aromatic heterocycles. The zero-order chi connectivity index (χ0) is 17.1. The molecule has 0 spiro atoms. The summed E-state index contributed by atoms with van der Waals surface area (Å²) in [6.07, 6.45) is 0.729. The van der Waals surface area contributed by atoms with Gasteiger partial charge in [-0.2, -0.15) is 0 Å². The number of para-hydroxylation sites is 1. The Bertz CT molecular complexity index is 854. The molecule has 0 aliphatic heterocycles. The summed E-state index contributed by atoms with van der Waals surface area (Å²) >= 11 is 0. The van der Waals surface area contributed by atoms with Gasteiger partial charge in [-0.25, -0.2) is 4.79 Å². The number of amides is 2. The number of carbonyl (C=O) groups is 1. The standard InChI is InChI=1S/C19H22N2O3/c1-12(2)9-14(11-22)21-19(23)20-13-7-8-16-15-5-3-4-6-17(15)24-18(16)10-13/h3-8,10,12,14,22H,9,11H2,1-2H3,(H2,20,21,23). The van der Waals surface area contributed by atoms with Gasteiger partial charge in [-0.05, 0) is 30.5 Å². The van der Waals surface area contributed by atoms with Gasteiger partial charge in [-0.1, -0.05) is 32.0 Å². The number of aliphatic hydroxyl groups excluding tert-OH is 1. The molecule has 0 saturated carbocycles. The number of aliphatic hydroxyl groups is 1. The highest BCUT2D eigenvalue weighted by molar-refractivity contribution is 6.06. The van der Waals surface area contributed by atoms with Gasteiger partial charge in [-0.3, -0.25) is 0 Å². The zero-order valence-electron chi connectivity index (χ0n) is 13.9. The van der Waals surface area contributed by atoms with E-state index >= 15 is 0 Å². The number of hydrogen-bond donors (Lipinski definition) is 3. The summed E-state index contributed by atoms with van der Waals surface area (Å²) in [7, 11) is 0. The Morgan fingerprint density at radius 1 is 1.12 bits per heavy atom. The molecule has 126 valence electrons. The third-order valence-corrected chi connectivity index (χ3v) is 3.95. The Kier molecular flexibility index (Phi) is 4.71. The van der Waals surface area contributed by atoms with Crippen LogP contribution >= 0.6 is 0 Å². The molecule has 2 aromatic carbocycles. The molecule has 24 heavy (non-hydrogen) atoms.